The fourth-order valence-electron chi connectivity index (χ4n) is 17.8. The van der Waals surface area contributed by atoms with E-state index in [9.17, 15) is 91.1 Å². The molecule has 4 aliphatic carbocycles. The van der Waals surface area contributed by atoms with Gasteiger partial charge in [0.15, 0.2) is 17.9 Å². The maximum absolute atomic E-state index is 14.8. The number of carboxylic acid groups (broad SMARTS) is 1. The molecule has 0 saturated heterocycles. The highest BCUT2D eigenvalue weighted by Crippen LogP contribution is 2.68. The van der Waals surface area contributed by atoms with Gasteiger partial charge in [0.05, 0.1) is 19.3 Å². The number of aliphatic hydroxyl groups is 3. The number of nitrogens with two attached hydrogens (primary N) is 4. The number of carbonyl (C=O) groups is 12. The van der Waals surface area contributed by atoms with Gasteiger partial charge in [-0.15, -0.1) is 0 Å². The molecule has 10 amide bonds. The van der Waals surface area contributed by atoms with E-state index in [1.807, 2.05) is 0 Å². The highest BCUT2D eigenvalue weighted by molar-refractivity contribution is 5.99. The average molecular weight is 1690 g/mol. The number of esters is 1. The quantitative estimate of drug-likeness (QED) is 0.0168. The molecule has 0 spiro atoms. The molecule has 4 aliphatic rings. The number of hydrogen-bond donors (Lipinski definition) is 24. The molecular formula is C79H131F3N20O17. The SMILES string of the molecule is CC(C)[C@H](NC(=O)[C@@H](NC(=O)CC[C@@H](C)[C@H]1CCC2C3CCC4C[C@H](OC(=O)C(F)(F)F)CC[C@]4(C)C3CC[C@@]21C)[C@@H](C)O)C(=O)N[C@@H](Cc1ccccc1)C(=O)N[C@@H](CCCNC(=N)N)C(=O)N[C@@H](CO)C(=O)NC(CO)C(=O)N[C@@H](CCCNC(=N)N)C(=O)N[C@@H](CCC(=O)O)C(=O)N[C@@H](CCCCN)C(=O)N[C@H](C)CCCNC(=N)N. The molecule has 4 fully saturated rings. The van der Waals surface area contributed by atoms with E-state index < -0.39 is 194 Å². The summed E-state index contributed by atoms with van der Waals surface area (Å²) in [7, 11) is 0. The van der Waals surface area contributed by atoms with Crippen molar-refractivity contribution in [1.29, 1.82) is 16.2 Å². The van der Waals surface area contributed by atoms with Crippen LogP contribution in [0.25, 0.3) is 0 Å². The number of unbranched alkanes of at least 4 members (excludes halogenated alkanes) is 1. The third kappa shape index (κ3) is 31.1. The summed E-state index contributed by atoms with van der Waals surface area (Å²) in [5.41, 5.74) is 22.5. The first kappa shape index (κ1) is 99.9. The summed E-state index contributed by atoms with van der Waals surface area (Å²) in [5, 5.41) is 97.8. The lowest BCUT2D eigenvalue weighted by atomic mass is 9.44. The summed E-state index contributed by atoms with van der Waals surface area (Å²) in [6, 6.07) is -6.53. The summed E-state index contributed by atoms with van der Waals surface area (Å²) in [4.78, 5) is 166. The Bertz CT molecular complexity index is 3610. The second kappa shape index (κ2) is 47.9. The maximum atomic E-state index is 14.8. The number of halogens is 3. The smallest absolute Gasteiger partial charge is 0.481 e. The van der Waals surface area contributed by atoms with E-state index in [0.29, 0.717) is 81.2 Å². The van der Waals surface area contributed by atoms with Gasteiger partial charge in [-0.2, -0.15) is 13.2 Å². The van der Waals surface area contributed by atoms with Crippen molar-refractivity contribution >= 4 is 88.9 Å². The van der Waals surface area contributed by atoms with Crippen molar-refractivity contribution < 1.29 is 95.9 Å². The van der Waals surface area contributed by atoms with Crippen molar-refractivity contribution in [3.05, 3.63) is 35.9 Å². The van der Waals surface area contributed by atoms with Gasteiger partial charge in [0.1, 0.15) is 60.5 Å². The minimum absolute atomic E-state index is 0.00691. The zero-order valence-corrected chi connectivity index (χ0v) is 69.4. The number of carbonyl (C=O) groups excluding carboxylic acids is 11. The number of carboxylic acids is 1. The molecule has 0 aliphatic heterocycles. The molecule has 20 atom stereocenters. The van der Waals surface area contributed by atoms with Gasteiger partial charge >= 0.3 is 18.1 Å². The van der Waals surface area contributed by atoms with E-state index in [0.717, 1.165) is 38.5 Å². The Morgan fingerprint density at radius 2 is 0.966 bits per heavy atom. The Labute approximate surface area is 692 Å². The van der Waals surface area contributed by atoms with Crippen molar-refractivity contribution in [1.82, 2.24) is 69.1 Å². The van der Waals surface area contributed by atoms with Gasteiger partial charge in [0.25, 0.3) is 0 Å². The molecule has 0 aromatic heterocycles. The minimum Gasteiger partial charge on any atom is -0.481 e. The summed E-state index contributed by atoms with van der Waals surface area (Å²) < 4.78 is 44.4. The Morgan fingerprint density at radius 3 is 1.45 bits per heavy atom. The Kier molecular flexibility index (Phi) is 40.2. The number of nitrogens with one attached hydrogen (secondary N) is 16. The molecule has 37 nitrogen and oxygen atoms in total. The molecule has 1 aromatic carbocycles. The van der Waals surface area contributed by atoms with E-state index in [1.165, 1.54) is 6.92 Å². The third-order valence-electron chi connectivity index (χ3n) is 24.2. The van der Waals surface area contributed by atoms with E-state index in [2.05, 4.69) is 89.9 Å². The number of ether oxygens (including phenoxy) is 1. The van der Waals surface area contributed by atoms with Gasteiger partial charge in [0, 0.05) is 44.9 Å². The lowest BCUT2D eigenvalue weighted by Gasteiger charge is -2.61. The molecule has 0 bridgehead atoms. The molecule has 28 N–H and O–H groups in total. The van der Waals surface area contributed by atoms with Crippen LogP contribution in [0, 0.1) is 68.5 Å². The number of aliphatic hydroxyl groups excluding tert-OH is 3. The lowest BCUT2D eigenvalue weighted by Crippen LogP contribution is -2.62. The molecule has 4 saturated carbocycles. The summed E-state index contributed by atoms with van der Waals surface area (Å²) in [5.74, 6) is -13.2. The Morgan fingerprint density at radius 1 is 0.513 bits per heavy atom. The number of benzene rings is 1. The molecule has 40 heteroatoms. The highest BCUT2D eigenvalue weighted by atomic mass is 19.4. The van der Waals surface area contributed by atoms with Crippen molar-refractivity contribution in [2.24, 2.45) is 75.2 Å². The highest BCUT2D eigenvalue weighted by Gasteiger charge is 2.61. The average Bonchev–Trinajstić information content (AvgIpc) is 1.67. The van der Waals surface area contributed by atoms with E-state index in [-0.39, 0.29) is 99.1 Å². The van der Waals surface area contributed by atoms with Crippen LogP contribution in [0.15, 0.2) is 30.3 Å². The Hall–Kier alpha value is -9.70. The first-order valence-electron chi connectivity index (χ1n) is 41.5. The maximum Gasteiger partial charge on any atom is 0.490 e. The van der Waals surface area contributed by atoms with Crippen molar-refractivity contribution in [3.8, 4) is 0 Å². The standard InChI is InChI=1S/C79H131F3N20O17/c1-42(2)62(102-72(117)63(45(5)105)101-60(106)28-22-43(3)50-25-26-51-49-24-23-47-39-48(119-73(118)79(80,81)82)30-32-77(47,6)52(49)31-33-78(50,51)7)71(116)98-57(38-46-17-9-8-10-18-46)68(113)95-55(21-15-37-92-76(88)89)66(111)99-59(41-104)70(115)100-58(40-103)69(114)96-54(20-14-36-91-75(86)87)65(110)97-56(27-29-61(107)108)67(112)94-53(19-11-12-34-83)64(109)93-44(4)16-13-35-90-74(84)85/h8-10,17-18,42-45,47-59,62-63,103-105H,11-16,19-41,83H2,1-7H3,(H,93,109)(H,94,112)(H,95,113)(H,96,114)(H,97,110)(H,98,116)(H,99,111)(H,100,115)(H,101,106)(H,102,117)(H,107,108)(H4,84,85,90)(H4,86,87,91)(H4,88,89,92)/t43-,44-,45-,47?,48-,49?,50-,51?,52?,53+,54+,55+,56+,57+,58?,59+,62+,63+,77+,78-/m1/s1. The van der Waals surface area contributed by atoms with Gasteiger partial charge in [-0.05, 0) is 207 Å². The molecule has 5 rings (SSSR count). The fourth-order valence-corrected chi connectivity index (χ4v) is 17.8. The largest absolute Gasteiger partial charge is 0.490 e. The number of fused-ring (bicyclic) bond motifs is 5. The van der Waals surface area contributed by atoms with Crippen LogP contribution in [0.1, 0.15) is 195 Å². The number of aliphatic carboxylic acids is 1. The van der Waals surface area contributed by atoms with Gasteiger partial charge in [-0.1, -0.05) is 65.0 Å². The van der Waals surface area contributed by atoms with Crippen LogP contribution in [0.3, 0.4) is 0 Å². The number of hydrogen-bond acceptors (Lipinski definition) is 20. The van der Waals surface area contributed by atoms with Gasteiger partial charge in [-0.3, -0.25) is 69.0 Å². The fraction of sp³-hybridized carbons (Fsp3) is 0.734. The molecule has 0 heterocycles. The summed E-state index contributed by atoms with van der Waals surface area (Å²) >= 11 is 0. The summed E-state index contributed by atoms with van der Waals surface area (Å²) in [6.07, 6.45) is 0.256. The normalized spacial score (nSPS) is 22.9. The van der Waals surface area contributed by atoms with Gasteiger partial charge in [0.2, 0.25) is 59.1 Å². The predicted molar refractivity (Wildman–Crippen MR) is 433 cm³/mol. The molecular weight excluding hydrogens is 1560 g/mol. The van der Waals surface area contributed by atoms with Crippen LogP contribution in [0.4, 0.5) is 13.2 Å². The first-order chi connectivity index (χ1) is 56.1. The molecule has 0 radical (unpaired) electrons. The summed E-state index contributed by atoms with van der Waals surface area (Å²) in [6.45, 7) is 11.2. The predicted octanol–water partition coefficient (Wildman–Crippen LogP) is -0.549. The number of alkyl halides is 3. The van der Waals surface area contributed by atoms with E-state index in [1.54, 1.807) is 51.1 Å². The monoisotopic (exact) mass is 1690 g/mol. The Balaban J connectivity index is 1.27. The molecule has 670 valence electrons. The van der Waals surface area contributed by atoms with Crippen molar-refractivity contribution in [2.45, 2.75) is 275 Å². The number of rotatable bonds is 49. The molecule has 119 heavy (non-hydrogen) atoms. The van der Waals surface area contributed by atoms with Gasteiger partial charge < -0.3 is 117 Å². The van der Waals surface area contributed by atoms with Crippen LogP contribution in [0.5, 0.6) is 0 Å². The van der Waals surface area contributed by atoms with E-state index >= 15 is 0 Å². The van der Waals surface area contributed by atoms with Crippen molar-refractivity contribution in [3.63, 3.8) is 0 Å². The second-order valence-corrected chi connectivity index (χ2v) is 33.3. The third-order valence-corrected chi connectivity index (χ3v) is 24.2. The van der Waals surface area contributed by atoms with Crippen molar-refractivity contribution in [2.75, 3.05) is 39.4 Å². The van der Waals surface area contributed by atoms with Gasteiger partial charge in [-0.25, -0.2) is 4.79 Å². The van der Waals surface area contributed by atoms with Crippen LogP contribution in [-0.4, -0.2) is 228 Å². The van der Waals surface area contributed by atoms with Crippen LogP contribution >= 0.6 is 0 Å². The first-order valence-corrected chi connectivity index (χ1v) is 41.5. The number of amides is 10. The molecule has 1 aromatic rings. The van der Waals surface area contributed by atoms with E-state index in [4.69, 9.17) is 43.9 Å². The molecule has 5 unspecified atom stereocenters. The zero-order valence-electron chi connectivity index (χ0n) is 69.4. The van der Waals surface area contributed by atoms with Crippen LogP contribution in [0.2, 0.25) is 0 Å². The minimum atomic E-state index is -5.05. The lowest BCUT2D eigenvalue weighted by molar-refractivity contribution is -0.210. The number of guanidine groups is 3. The zero-order chi connectivity index (χ0) is 88.6. The van der Waals surface area contributed by atoms with Crippen LogP contribution < -0.4 is 92.1 Å². The second-order valence-electron chi connectivity index (χ2n) is 33.3. The topological polar surface area (TPSA) is 627 Å². The van der Waals surface area contributed by atoms with Crippen LogP contribution in [-0.2, 0) is 68.7 Å².